The third-order valence-electron chi connectivity index (χ3n) is 2.42. The minimum absolute atomic E-state index is 0.788. The molecule has 2 aromatic carbocycles. The maximum absolute atomic E-state index is 4.97. The van der Waals surface area contributed by atoms with Gasteiger partial charge in [0.15, 0.2) is 0 Å². The van der Waals surface area contributed by atoms with Crippen LogP contribution in [0.3, 0.4) is 0 Å². The number of aryl methyl sites for hydroxylation is 1. The summed E-state index contributed by atoms with van der Waals surface area (Å²) in [6.07, 6.45) is 0.982. The van der Waals surface area contributed by atoms with Gasteiger partial charge in [-0.25, -0.2) is 0 Å². The van der Waals surface area contributed by atoms with Crippen LogP contribution in [0.25, 0.3) is 0 Å². The van der Waals surface area contributed by atoms with Crippen molar-refractivity contribution in [3.05, 3.63) is 70.2 Å². The first-order chi connectivity index (χ1) is 8.72. The van der Waals surface area contributed by atoms with E-state index in [1.54, 1.807) is 7.11 Å². The summed E-state index contributed by atoms with van der Waals surface area (Å²) in [5, 5.41) is 0. The molecule has 0 aliphatic carbocycles. The summed E-state index contributed by atoms with van der Waals surface area (Å²) in [5.74, 6) is 0. The molecule has 0 unspecified atom stereocenters. The highest BCUT2D eigenvalue weighted by molar-refractivity contribution is 9.10. The fraction of sp³-hybridized carbons (Fsp3) is 0.250. The van der Waals surface area contributed by atoms with E-state index in [4.69, 9.17) is 4.74 Å². The molecule has 0 aliphatic heterocycles. The molecule has 0 aliphatic rings. The normalized spacial score (nSPS) is 9.50. The highest BCUT2D eigenvalue weighted by Crippen LogP contribution is 2.11. The van der Waals surface area contributed by atoms with Gasteiger partial charge in [0.2, 0.25) is 0 Å². The van der Waals surface area contributed by atoms with E-state index in [0.717, 1.165) is 17.5 Å². The Morgan fingerprint density at radius 2 is 1.72 bits per heavy atom. The van der Waals surface area contributed by atoms with Gasteiger partial charge in [-0.3, -0.25) is 0 Å². The number of hydrogen-bond donors (Lipinski definition) is 0. The van der Waals surface area contributed by atoms with Crippen molar-refractivity contribution in [1.82, 2.24) is 0 Å². The Morgan fingerprint density at radius 1 is 1.00 bits per heavy atom. The summed E-state index contributed by atoms with van der Waals surface area (Å²) < 4.78 is 6.10. The quantitative estimate of drug-likeness (QED) is 0.803. The van der Waals surface area contributed by atoms with Crippen molar-refractivity contribution < 1.29 is 4.74 Å². The van der Waals surface area contributed by atoms with Crippen molar-refractivity contribution in [1.29, 1.82) is 0 Å². The topological polar surface area (TPSA) is 9.23 Å². The van der Waals surface area contributed by atoms with Crippen molar-refractivity contribution in [3.63, 3.8) is 0 Å². The van der Waals surface area contributed by atoms with E-state index >= 15 is 0 Å². The summed E-state index contributed by atoms with van der Waals surface area (Å²) in [6, 6.07) is 18.5. The molecule has 18 heavy (non-hydrogen) atoms. The van der Waals surface area contributed by atoms with E-state index in [0.29, 0.717) is 0 Å². The first kappa shape index (κ1) is 14.9. The van der Waals surface area contributed by atoms with Crippen LogP contribution in [-0.4, -0.2) is 13.7 Å². The highest BCUT2D eigenvalue weighted by atomic mass is 79.9. The standard InChI is InChI=1S/C9H11BrO.C7H8/c1-11-6-5-8-3-2-4-9(10)7-8;1-7-5-3-2-4-6-7/h2-4,7H,5-6H2,1H3;2-6H,1H3. The van der Waals surface area contributed by atoms with Crippen molar-refractivity contribution in [2.45, 2.75) is 13.3 Å². The molecule has 0 spiro atoms. The zero-order valence-corrected chi connectivity index (χ0v) is 12.5. The van der Waals surface area contributed by atoms with Gasteiger partial charge in [-0.1, -0.05) is 64.0 Å². The summed E-state index contributed by atoms with van der Waals surface area (Å²) in [6.45, 7) is 2.87. The average molecular weight is 307 g/mol. The van der Waals surface area contributed by atoms with Gasteiger partial charge >= 0.3 is 0 Å². The zero-order valence-electron chi connectivity index (χ0n) is 10.9. The van der Waals surface area contributed by atoms with Crippen LogP contribution in [0.1, 0.15) is 11.1 Å². The Labute approximate surface area is 118 Å². The van der Waals surface area contributed by atoms with Gasteiger partial charge in [-0.05, 0) is 31.0 Å². The molecule has 0 heterocycles. The third-order valence-corrected chi connectivity index (χ3v) is 2.92. The average Bonchev–Trinajstić information content (AvgIpc) is 2.38. The third kappa shape index (κ3) is 6.58. The number of benzene rings is 2. The highest BCUT2D eigenvalue weighted by Gasteiger charge is 1.92. The van der Waals surface area contributed by atoms with E-state index < -0.39 is 0 Å². The van der Waals surface area contributed by atoms with Crippen LogP contribution < -0.4 is 0 Å². The van der Waals surface area contributed by atoms with Gasteiger partial charge in [0.1, 0.15) is 0 Å². The molecular weight excluding hydrogens is 288 g/mol. The summed E-state index contributed by atoms with van der Waals surface area (Å²) in [7, 11) is 1.72. The predicted molar refractivity (Wildman–Crippen MR) is 80.9 cm³/mol. The number of rotatable bonds is 3. The van der Waals surface area contributed by atoms with Gasteiger partial charge in [-0.15, -0.1) is 0 Å². The first-order valence-electron chi connectivity index (χ1n) is 5.97. The fourth-order valence-corrected chi connectivity index (χ4v) is 1.89. The van der Waals surface area contributed by atoms with Crippen LogP contribution >= 0.6 is 15.9 Å². The number of ether oxygens (including phenoxy) is 1. The summed E-state index contributed by atoms with van der Waals surface area (Å²) in [4.78, 5) is 0. The molecule has 0 amide bonds. The lowest BCUT2D eigenvalue weighted by Gasteiger charge is -1.99. The smallest absolute Gasteiger partial charge is 0.0502 e. The van der Waals surface area contributed by atoms with Crippen molar-refractivity contribution >= 4 is 15.9 Å². The molecule has 0 bridgehead atoms. The Hall–Kier alpha value is -1.12. The van der Waals surface area contributed by atoms with Gasteiger partial charge in [-0.2, -0.15) is 0 Å². The second kappa shape index (κ2) is 8.90. The van der Waals surface area contributed by atoms with Crippen LogP contribution in [-0.2, 0) is 11.2 Å². The molecule has 2 heteroatoms. The first-order valence-corrected chi connectivity index (χ1v) is 6.76. The maximum Gasteiger partial charge on any atom is 0.0502 e. The SMILES string of the molecule is COCCc1cccc(Br)c1.Cc1ccccc1. The molecule has 0 saturated carbocycles. The Morgan fingerprint density at radius 3 is 2.22 bits per heavy atom. The zero-order chi connectivity index (χ0) is 13.2. The molecule has 0 radical (unpaired) electrons. The van der Waals surface area contributed by atoms with Gasteiger partial charge < -0.3 is 4.74 Å². The van der Waals surface area contributed by atoms with Gasteiger partial charge in [0.05, 0.1) is 6.61 Å². The monoisotopic (exact) mass is 306 g/mol. The molecule has 0 atom stereocenters. The largest absolute Gasteiger partial charge is 0.384 e. The van der Waals surface area contributed by atoms with Crippen molar-refractivity contribution in [2.24, 2.45) is 0 Å². The Kier molecular flexibility index (Phi) is 7.38. The lowest BCUT2D eigenvalue weighted by atomic mass is 10.2. The van der Waals surface area contributed by atoms with E-state index in [1.807, 2.05) is 30.3 Å². The van der Waals surface area contributed by atoms with Crippen LogP contribution in [0.2, 0.25) is 0 Å². The van der Waals surface area contributed by atoms with E-state index in [1.165, 1.54) is 11.1 Å². The van der Waals surface area contributed by atoms with Crippen LogP contribution in [0, 0.1) is 6.92 Å². The number of methoxy groups -OCH3 is 1. The molecule has 0 saturated heterocycles. The van der Waals surface area contributed by atoms with E-state index in [2.05, 4.69) is 47.1 Å². The van der Waals surface area contributed by atoms with E-state index in [9.17, 15) is 0 Å². The molecule has 0 fully saturated rings. The van der Waals surface area contributed by atoms with Crippen molar-refractivity contribution in [3.8, 4) is 0 Å². The minimum atomic E-state index is 0.788. The second-order valence-corrected chi connectivity index (χ2v) is 4.94. The van der Waals surface area contributed by atoms with Crippen LogP contribution in [0.4, 0.5) is 0 Å². The molecule has 2 rings (SSSR count). The fourth-order valence-electron chi connectivity index (χ4n) is 1.45. The minimum Gasteiger partial charge on any atom is -0.384 e. The number of halogens is 1. The molecular formula is C16H19BrO. The van der Waals surface area contributed by atoms with E-state index in [-0.39, 0.29) is 0 Å². The lowest BCUT2D eigenvalue weighted by molar-refractivity contribution is 0.202. The summed E-state index contributed by atoms with van der Waals surface area (Å²) >= 11 is 3.41. The molecule has 1 nitrogen and oxygen atoms in total. The Bertz CT molecular complexity index is 440. The van der Waals surface area contributed by atoms with Gasteiger partial charge in [0, 0.05) is 11.6 Å². The van der Waals surface area contributed by atoms with Crippen molar-refractivity contribution in [2.75, 3.05) is 13.7 Å². The molecule has 2 aromatic rings. The molecule has 0 aromatic heterocycles. The van der Waals surface area contributed by atoms with Crippen LogP contribution in [0.5, 0.6) is 0 Å². The Balaban J connectivity index is 0.000000199. The maximum atomic E-state index is 4.97. The molecule has 96 valence electrons. The lowest BCUT2D eigenvalue weighted by Crippen LogP contribution is -1.93. The second-order valence-electron chi connectivity index (χ2n) is 4.03. The predicted octanol–water partition coefficient (Wildman–Crippen LogP) is 4.63. The summed E-state index contributed by atoms with van der Waals surface area (Å²) in [5.41, 5.74) is 2.63. The molecule has 0 N–H and O–H groups in total. The number of hydrogen-bond acceptors (Lipinski definition) is 1. The van der Waals surface area contributed by atoms with Crippen LogP contribution in [0.15, 0.2) is 59.1 Å². The van der Waals surface area contributed by atoms with Gasteiger partial charge in [0.25, 0.3) is 0 Å².